The molecule has 5 rings (SSSR count). The summed E-state index contributed by atoms with van der Waals surface area (Å²) in [6.45, 7) is 4.11. The second-order valence-corrected chi connectivity index (χ2v) is 7.51. The van der Waals surface area contributed by atoms with Crippen LogP contribution in [0.4, 0.5) is 0 Å². The number of hydrogen-bond donors (Lipinski definition) is 0. The molecule has 0 spiro atoms. The zero-order valence-electron chi connectivity index (χ0n) is 14.8. The van der Waals surface area contributed by atoms with E-state index in [1.807, 2.05) is 39.6 Å². The number of imidazole rings is 1. The lowest BCUT2D eigenvalue weighted by Gasteiger charge is -2.34. The average molecular weight is 377 g/mol. The summed E-state index contributed by atoms with van der Waals surface area (Å²) >= 11 is 1.28. The van der Waals surface area contributed by atoms with E-state index in [2.05, 4.69) is 38.5 Å². The lowest BCUT2D eigenvalue weighted by atomic mass is 10.2. The minimum absolute atomic E-state index is 0.0104. The Morgan fingerprint density at radius 1 is 0.963 bits per heavy atom. The Balaban J connectivity index is 1.33. The molecule has 1 aliphatic rings. The van der Waals surface area contributed by atoms with Crippen molar-refractivity contribution in [2.45, 2.75) is 6.54 Å². The highest BCUT2D eigenvalue weighted by molar-refractivity contribution is 7.11. The van der Waals surface area contributed by atoms with Crippen LogP contribution < -0.4 is 0 Å². The molecule has 7 heteroatoms. The van der Waals surface area contributed by atoms with Gasteiger partial charge in [0.25, 0.3) is 5.91 Å². The summed E-state index contributed by atoms with van der Waals surface area (Å²) in [6, 6.07) is 18.3. The van der Waals surface area contributed by atoms with Gasteiger partial charge in [0.1, 0.15) is 0 Å². The molecule has 0 bridgehead atoms. The van der Waals surface area contributed by atoms with E-state index in [1.54, 1.807) is 0 Å². The Kier molecular flexibility index (Phi) is 4.10. The van der Waals surface area contributed by atoms with Crippen molar-refractivity contribution in [2.75, 3.05) is 26.2 Å². The minimum atomic E-state index is -0.0104. The summed E-state index contributed by atoms with van der Waals surface area (Å²) < 4.78 is 6.29. The molecule has 0 radical (unpaired) electrons. The van der Waals surface area contributed by atoms with Crippen molar-refractivity contribution in [1.29, 1.82) is 0 Å². The monoisotopic (exact) mass is 377 g/mol. The van der Waals surface area contributed by atoms with E-state index >= 15 is 0 Å². The molecule has 4 aromatic rings. The van der Waals surface area contributed by atoms with E-state index in [1.165, 1.54) is 17.1 Å². The van der Waals surface area contributed by atoms with Crippen LogP contribution >= 0.6 is 11.5 Å². The van der Waals surface area contributed by atoms with Crippen molar-refractivity contribution in [2.24, 2.45) is 0 Å². The topological polar surface area (TPSA) is 53.7 Å². The molecule has 136 valence electrons. The normalized spacial score (nSPS) is 15.6. The number of nitrogens with zero attached hydrogens (tertiary/aromatic N) is 5. The number of amides is 1. The number of carbonyl (C=O) groups is 1. The summed E-state index contributed by atoms with van der Waals surface area (Å²) in [5.74, 6) is 0.462. The summed E-state index contributed by atoms with van der Waals surface area (Å²) in [4.78, 5) is 22.7. The number of piperazine rings is 1. The van der Waals surface area contributed by atoms with Crippen LogP contribution in [-0.4, -0.2) is 55.6 Å². The fourth-order valence-corrected chi connectivity index (χ4v) is 4.35. The molecule has 1 aliphatic heterocycles. The first-order valence-corrected chi connectivity index (χ1v) is 9.85. The van der Waals surface area contributed by atoms with Gasteiger partial charge in [-0.1, -0.05) is 42.5 Å². The molecule has 0 N–H and O–H groups in total. The predicted octanol–water partition coefficient (Wildman–Crippen LogP) is 2.90. The smallest absolute Gasteiger partial charge is 0.291 e. The maximum absolute atomic E-state index is 13.1. The van der Waals surface area contributed by atoms with Crippen LogP contribution in [0.3, 0.4) is 0 Å². The molecule has 6 nitrogen and oxygen atoms in total. The number of aromatic nitrogens is 3. The number of benzene rings is 2. The quantitative estimate of drug-likeness (QED) is 0.551. The highest BCUT2D eigenvalue weighted by atomic mass is 32.1. The summed E-state index contributed by atoms with van der Waals surface area (Å²) in [5, 5.41) is 0. The fourth-order valence-electron chi connectivity index (χ4n) is 3.62. The molecule has 2 aromatic heterocycles. The Morgan fingerprint density at radius 3 is 2.52 bits per heavy atom. The molecular weight excluding hydrogens is 358 g/mol. The molecular formula is C20H19N5OS. The Hall–Kier alpha value is -2.77. The van der Waals surface area contributed by atoms with Crippen LogP contribution in [0, 0.1) is 0 Å². The molecule has 0 unspecified atom stereocenters. The summed E-state index contributed by atoms with van der Waals surface area (Å²) in [6.07, 6.45) is 0. The zero-order valence-corrected chi connectivity index (χ0v) is 15.6. The van der Waals surface area contributed by atoms with E-state index in [0.29, 0.717) is 5.82 Å². The third-order valence-corrected chi connectivity index (χ3v) is 5.76. The molecule has 0 atom stereocenters. The first-order valence-electron chi connectivity index (χ1n) is 9.08. The van der Waals surface area contributed by atoms with Crippen molar-refractivity contribution in [3.8, 4) is 0 Å². The molecule has 1 fully saturated rings. The minimum Gasteiger partial charge on any atom is -0.333 e. The predicted molar refractivity (Wildman–Crippen MR) is 106 cm³/mol. The van der Waals surface area contributed by atoms with Gasteiger partial charge >= 0.3 is 0 Å². The van der Waals surface area contributed by atoms with Crippen LogP contribution in [0.5, 0.6) is 0 Å². The highest BCUT2D eigenvalue weighted by Crippen LogP contribution is 2.22. The van der Waals surface area contributed by atoms with E-state index in [9.17, 15) is 4.79 Å². The van der Waals surface area contributed by atoms with Gasteiger partial charge in [-0.05, 0) is 17.7 Å². The highest BCUT2D eigenvalue weighted by Gasteiger charge is 2.26. The molecule has 0 saturated carbocycles. The van der Waals surface area contributed by atoms with Crippen LogP contribution in [0.2, 0.25) is 0 Å². The van der Waals surface area contributed by atoms with Gasteiger partial charge in [-0.3, -0.25) is 14.1 Å². The van der Waals surface area contributed by atoms with E-state index < -0.39 is 0 Å². The molecule has 3 heterocycles. The van der Waals surface area contributed by atoms with E-state index in [0.717, 1.165) is 48.7 Å². The summed E-state index contributed by atoms with van der Waals surface area (Å²) in [7, 11) is 0. The third kappa shape index (κ3) is 2.98. The van der Waals surface area contributed by atoms with E-state index in [-0.39, 0.29) is 5.91 Å². The molecule has 1 saturated heterocycles. The van der Waals surface area contributed by atoms with Crippen molar-refractivity contribution in [1.82, 2.24) is 23.6 Å². The Labute approximate surface area is 160 Å². The Morgan fingerprint density at radius 2 is 1.70 bits per heavy atom. The second kappa shape index (κ2) is 6.75. The first-order chi connectivity index (χ1) is 13.3. The molecule has 2 aromatic carbocycles. The van der Waals surface area contributed by atoms with Crippen molar-refractivity contribution in [3.05, 3.63) is 66.0 Å². The Bertz CT molecular complexity index is 1100. The van der Waals surface area contributed by atoms with Gasteiger partial charge in [0.15, 0.2) is 0 Å². The number of rotatable bonds is 3. The van der Waals surface area contributed by atoms with Crippen LogP contribution in [-0.2, 0) is 6.54 Å². The average Bonchev–Trinajstić information content (AvgIpc) is 3.28. The number of fused-ring (bicyclic) bond motifs is 3. The first kappa shape index (κ1) is 16.4. The van der Waals surface area contributed by atoms with Crippen LogP contribution in [0.1, 0.15) is 16.2 Å². The van der Waals surface area contributed by atoms with Gasteiger partial charge in [0.05, 0.1) is 11.0 Å². The lowest BCUT2D eigenvalue weighted by Crippen LogP contribution is -2.48. The standard InChI is InChI=1S/C20H19N5OS/c26-19(18-22-27-20-21-16-8-4-5-9-17(16)25(18)20)24-12-10-23(11-13-24)14-15-6-2-1-3-7-15/h1-9H,10-14H2. The van der Waals surface area contributed by atoms with Gasteiger partial charge in [0.2, 0.25) is 10.8 Å². The number of carbonyl (C=O) groups excluding carboxylic acids is 1. The largest absolute Gasteiger partial charge is 0.333 e. The van der Waals surface area contributed by atoms with Crippen molar-refractivity contribution in [3.63, 3.8) is 0 Å². The molecule has 27 heavy (non-hydrogen) atoms. The zero-order chi connectivity index (χ0) is 18.2. The van der Waals surface area contributed by atoms with Gasteiger partial charge in [-0.15, -0.1) is 0 Å². The maximum atomic E-state index is 13.1. The second-order valence-electron chi connectivity index (χ2n) is 6.78. The maximum Gasteiger partial charge on any atom is 0.291 e. The third-order valence-electron chi connectivity index (χ3n) is 5.06. The van der Waals surface area contributed by atoms with Gasteiger partial charge in [0, 0.05) is 44.3 Å². The number of hydrogen-bond acceptors (Lipinski definition) is 5. The fraction of sp³-hybridized carbons (Fsp3) is 0.250. The SMILES string of the molecule is O=C(c1nsc2nc3ccccc3n12)N1CCN(Cc2ccccc2)CC1. The van der Waals surface area contributed by atoms with Gasteiger partial charge in [-0.2, -0.15) is 4.37 Å². The lowest BCUT2D eigenvalue weighted by molar-refractivity contribution is 0.0617. The summed E-state index contributed by atoms with van der Waals surface area (Å²) in [5.41, 5.74) is 3.14. The van der Waals surface area contributed by atoms with Gasteiger partial charge in [-0.25, -0.2) is 4.98 Å². The van der Waals surface area contributed by atoms with Crippen molar-refractivity contribution >= 4 is 33.4 Å². The van der Waals surface area contributed by atoms with Crippen molar-refractivity contribution < 1.29 is 4.79 Å². The molecule has 1 amide bonds. The van der Waals surface area contributed by atoms with Gasteiger partial charge < -0.3 is 4.90 Å². The number of para-hydroxylation sites is 2. The van der Waals surface area contributed by atoms with Crippen LogP contribution in [0.15, 0.2) is 54.6 Å². The van der Waals surface area contributed by atoms with E-state index in [4.69, 9.17) is 0 Å². The van der Waals surface area contributed by atoms with Crippen LogP contribution in [0.25, 0.3) is 16.0 Å². The molecule has 0 aliphatic carbocycles.